The molecule has 0 radical (unpaired) electrons. The van der Waals surface area contributed by atoms with Crippen molar-refractivity contribution in [2.75, 3.05) is 48.1 Å². The molecule has 0 aromatic heterocycles. The summed E-state index contributed by atoms with van der Waals surface area (Å²) in [7, 11) is 8.93. The van der Waals surface area contributed by atoms with Crippen LogP contribution in [-0.2, 0) is 21.7 Å². The van der Waals surface area contributed by atoms with Gasteiger partial charge in [0.25, 0.3) is 0 Å². The monoisotopic (exact) mass is 387 g/mol. The van der Waals surface area contributed by atoms with Gasteiger partial charge in [0.05, 0.1) is 0 Å². The van der Waals surface area contributed by atoms with E-state index in [1.807, 2.05) is 7.05 Å². The van der Waals surface area contributed by atoms with Crippen molar-refractivity contribution in [1.29, 1.82) is 0 Å². The maximum atomic E-state index is 4.33. The van der Waals surface area contributed by atoms with Gasteiger partial charge in [-0.2, -0.15) is 35.2 Å². The fourth-order valence-corrected chi connectivity index (χ4v) is 3.96. The summed E-state index contributed by atoms with van der Waals surface area (Å²) < 4.78 is 0. The van der Waals surface area contributed by atoms with Gasteiger partial charge in [0.2, 0.25) is 0 Å². The molecule has 0 aliphatic heterocycles. The molecular weight excluding hydrogens is 357 g/mol. The van der Waals surface area contributed by atoms with Gasteiger partial charge in [0, 0.05) is 4.83 Å². The van der Waals surface area contributed by atoms with E-state index in [0.29, 0.717) is 0 Å². The Morgan fingerprint density at radius 3 is 1.74 bits per heavy atom. The van der Waals surface area contributed by atoms with Crippen LogP contribution in [0.5, 0.6) is 0 Å². The molecule has 0 heterocycles. The van der Waals surface area contributed by atoms with Crippen LogP contribution in [0, 0.1) is 13.3 Å². The van der Waals surface area contributed by atoms with Crippen LogP contribution in [0.3, 0.4) is 0 Å². The van der Waals surface area contributed by atoms with E-state index in [2.05, 4.69) is 38.3 Å². The Bertz CT molecular complexity index is 154. The molecule has 1 aliphatic rings. The van der Waals surface area contributed by atoms with Crippen molar-refractivity contribution in [3.63, 3.8) is 0 Å². The van der Waals surface area contributed by atoms with Crippen molar-refractivity contribution in [2.24, 2.45) is 5.92 Å². The molecule has 6 heteroatoms. The molecule has 1 aliphatic carbocycles. The minimum absolute atomic E-state index is 0. The zero-order valence-electron chi connectivity index (χ0n) is 13.6. The smallest absolute Gasteiger partial charge is 0.668 e. The quantitative estimate of drug-likeness (QED) is 0.274. The molecule has 1 fully saturated rings. The third-order valence-corrected chi connectivity index (χ3v) is 5.29. The average molecular weight is 388 g/mol. The Hall–Kier alpha value is 1.50. The number of nitrogens with zero attached hydrogens (tertiary/aromatic N) is 3. The number of hydrogen-bond acceptors (Lipinski definition) is 0. The molecule has 3 unspecified atom stereocenters. The number of alkyl halides is 1. The number of halogens is 1. The van der Waals surface area contributed by atoms with E-state index in [1.165, 1.54) is 25.4 Å². The zero-order valence-corrected chi connectivity index (χ0v) is 17.7. The Morgan fingerprint density at radius 1 is 1.05 bits per heavy atom. The van der Waals surface area contributed by atoms with E-state index < -0.39 is 0 Å². The van der Waals surface area contributed by atoms with Crippen LogP contribution < -0.4 is 0 Å². The van der Waals surface area contributed by atoms with Gasteiger partial charge >= 0.3 is 21.7 Å². The molecule has 19 heavy (non-hydrogen) atoms. The zero-order chi connectivity index (χ0) is 13.7. The summed E-state index contributed by atoms with van der Waals surface area (Å²) in [5.41, 5.74) is 0. The van der Waals surface area contributed by atoms with Crippen LogP contribution in [0.2, 0.25) is 0 Å². The second-order valence-corrected chi connectivity index (χ2v) is 7.40. The average Bonchev–Trinajstić information content (AvgIpc) is 2.66. The molecule has 0 aromatic carbocycles. The van der Waals surface area contributed by atoms with E-state index in [0.717, 1.165) is 10.7 Å². The van der Waals surface area contributed by atoms with Crippen molar-refractivity contribution in [3.05, 3.63) is 23.1 Å². The summed E-state index contributed by atoms with van der Waals surface area (Å²) in [6.07, 6.45) is 5.53. The van der Waals surface area contributed by atoms with Crippen molar-refractivity contribution in [1.82, 2.24) is 0 Å². The van der Waals surface area contributed by atoms with Gasteiger partial charge in [0.1, 0.15) is 0 Å². The Morgan fingerprint density at radius 2 is 1.47 bits per heavy atom. The van der Waals surface area contributed by atoms with Gasteiger partial charge in [-0.25, -0.2) is 8.07 Å². The minimum atomic E-state index is -0.0210. The van der Waals surface area contributed by atoms with Crippen LogP contribution in [-0.4, -0.2) is 52.9 Å². The Kier molecular flexibility index (Phi) is 32.9. The van der Waals surface area contributed by atoms with Gasteiger partial charge in [-0.3, -0.25) is 0 Å². The van der Waals surface area contributed by atoms with Gasteiger partial charge in [-0.1, -0.05) is 29.0 Å². The van der Waals surface area contributed by atoms with Gasteiger partial charge in [-0.15, -0.1) is 0 Å². The van der Waals surface area contributed by atoms with Gasteiger partial charge in [-0.05, 0) is 24.9 Å². The molecule has 0 spiro atoms. The maximum Gasteiger partial charge on any atom is 4.00 e. The maximum absolute atomic E-state index is 4.33. The Labute approximate surface area is 146 Å². The molecule has 0 amide bonds. The molecule has 1 saturated carbocycles. The molecule has 114 valence electrons. The largest absolute Gasteiger partial charge is 4.00 e. The van der Waals surface area contributed by atoms with E-state index >= 15 is 0 Å². The fraction of sp³-hybridized carbons (Fsp3) is 0.923. The first-order valence-electron chi connectivity index (χ1n) is 5.98. The second kappa shape index (κ2) is 21.8. The van der Waals surface area contributed by atoms with Crippen LogP contribution in [0.15, 0.2) is 0 Å². The predicted molar refractivity (Wildman–Crippen MR) is 93.9 cm³/mol. The molecular formula is C13H31BrN3PTi. The van der Waals surface area contributed by atoms with Crippen LogP contribution in [0.25, 0.3) is 15.7 Å². The topological polar surface area (TPSA) is 42.3 Å². The number of rotatable bonds is 3. The summed E-state index contributed by atoms with van der Waals surface area (Å²) >= 11 is 3.73. The summed E-state index contributed by atoms with van der Waals surface area (Å²) in [6, 6.07) is 0. The van der Waals surface area contributed by atoms with Crippen molar-refractivity contribution in [3.8, 4) is 0 Å². The molecule has 0 N–H and O–H groups in total. The van der Waals surface area contributed by atoms with Gasteiger partial charge < -0.3 is 23.1 Å². The molecule has 3 atom stereocenters. The Balaban J connectivity index is -0.000000122. The summed E-state index contributed by atoms with van der Waals surface area (Å²) in [5.74, 6) is 0.912. The first-order chi connectivity index (χ1) is 8.06. The van der Waals surface area contributed by atoms with E-state index in [9.17, 15) is 0 Å². The van der Waals surface area contributed by atoms with Crippen molar-refractivity contribution >= 4 is 24.0 Å². The summed E-state index contributed by atoms with van der Waals surface area (Å²) in [5, 5.41) is 11.3. The van der Waals surface area contributed by atoms with Crippen LogP contribution in [0.1, 0.15) is 19.3 Å². The predicted octanol–water partition coefficient (Wildman–Crippen LogP) is 5.27. The summed E-state index contributed by atoms with van der Waals surface area (Å²) in [4.78, 5) is 0.786. The molecule has 0 saturated heterocycles. The van der Waals surface area contributed by atoms with Gasteiger partial charge in [0.15, 0.2) is 0 Å². The van der Waals surface area contributed by atoms with Crippen molar-refractivity contribution < 1.29 is 21.7 Å². The molecule has 0 aromatic rings. The van der Waals surface area contributed by atoms with Crippen LogP contribution in [0.4, 0.5) is 0 Å². The standard InChI is InChI=1S/C8H16BrNP.2C2H6N.CH3.Ti/c1-10-11(2)6-7-4-3-5-8(7)9;2*1-3-2;;/h7-8H,3-6H2,1-2H3;2*1-2H3;1H3;/q4*-1;+4. The van der Waals surface area contributed by atoms with E-state index in [4.69, 9.17) is 0 Å². The number of hydrogen-bond donors (Lipinski definition) is 0. The van der Waals surface area contributed by atoms with Crippen LogP contribution >= 0.6 is 24.0 Å². The fourth-order valence-electron chi connectivity index (χ4n) is 1.62. The van der Waals surface area contributed by atoms with Crippen molar-refractivity contribution in [2.45, 2.75) is 24.1 Å². The second-order valence-electron chi connectivity index (χ2n) is 4.14. The van der Waals surface area contributed by atoms with E-state index in [-0.39, 0.29) is 37.2 Å². The molecule has 0 bridgehead atoms. The minimum Gasteiger partial charge on any atom is -0.668 e. The van der Waals surface area contributed by atoms with E-state index in [1.54, 1.807) is 28.2 Å². The molecule has 1 rings (SSSR count). The first kappa shape index (κ1) is 28.6. The SMILES string of the molecule is C[N-]C.C[N-]C.C[N-]P(C)CC1CCCC1Br.[CH3-].[Ti+4]. The summed E-state index contributed by atoms with van der Waals surface area (Å²) in [6.45, 7) is 2.27. The third-order valence-electron chi connectivity index (χ3n) is 2.41. The molecule has 3 nitrogen and oxygen atoms in total. The first-order valence-corrected chi connectivity index (χ1v) is 8.82. The third kappa shape index (κ3) is 19.5. The normalized spacial score (nSPS) is 21.6.